The fraction of sp³-hybridized carbons (Fsp3) is 0.409. The van der Waals surface area contributed by atoms with E-state index >= 15 is 0 Å². The highest BCUT2D eigenvalue weighted by molar-refractivity contribution is 5.37. The van der Waals surface area contributed by atoms with E-state index in [-0.39, 0.29) is 5.92 Å². The van der Waals surface area contributed by atoms with Crippen LogP contribution in [0.15, 0.2) is 60.7 Å². The first-order valence-corrected chi connectivity index (χ1v) is 9.18. The lowest BCUT2D eigenvalue weighted by atomic mass is 9.72. The first-order chi connectivity index (χ1) is 12.2. The van der Waals surface area contributed by atoms with Gasteiger partial charge in [-0.2, -0.15) is 5.26 Å². The zero-order valence-corrected chi connectivity index (χ0v) is 14.6. The molecule has 130 valence electrons. The van der Waals surface area contributed by atoms with Crippen molar-refractivity contribution in [3.8, 4) is 6.07 Å². The molecule has 1 aliphatic rings. The van der Waals surface area contributed by atoms with Gasteiger partial charge in [0, 0.05) is 6.42 Å². The summed E-state index contributed by atoms with van der Waals surface area (Å²) in [5, 5.41) is 20.5. The highest BCUT2D eigenvalue weighted by Gasteiger charge is 2.41. The maximum Gasteiger partial charge on any atom is 0.117 e. The number of aliphatic hydroxyl groups is 1. The summed E-state index contributed by atoms with van der Waals surface area (Å²) in [4.78, 5) is 2.42. The number of nitrogens with zero attached hydrogens (tertiary/aromatic N) is 2. The molecule has 1 saturated heterocycles. The van der Waals surface area contributed by atoms with Crippen LogP contribution in [-0.2, 0) is 5.60 Å². The molecule has 3 heteroatoms. The Kier molecular flexibility index (Phi) is 5.86. The Bertz CT molecular complexity index is 645. The molecule has 2 aromatic carbocycles. The predicted octanol–water partition coefficient (Wildman–Crippen LogP) is 3.94. The summed E-state index contributed by atoms with van der Waals surface area (Å²) in [5.41, 5.74) is 1.01. The summed E-state index contributed by atoms with van der Waals surface area (Å²) >= 11 is 0. The van der Waals surface area contributed by atoms with Crippen LogP contribution >= 0.6 is 0 Å². The minimum absolute atomic E-state index is 0.199. The fourth-order valence-electron chi connectivity index (χ4n) is 3.98. The van der Waals surface area contributed by atoms with Crippen molar-refractivity contribution in [1.29, 1.82) is 5.26 Å². The quantitative estimate of drug-likeness (QED) is 0.814. The van der Waals surface area contributed by atoms with Gasteiger partial charge in [0.05, 0.1) is 6.07 Å². The average Bonchev–Trinajstić information content (AvgIpc) is 2.69. The van der Waals surface area contributed by atoms with Gasteiger partial charge in [0.25, 0.3) is 0 Å². The Morgan fingerprint density at radius 2 is 1.48 bits per heavy atom. The molecule has 0 unspecified atom stereocenters. The zero-order valence-electron chi connectivity index (χ0n) is 14.6. The molecule has 1 N–H and O–H groups in total. The van der Waals surface area contributed by atoms with E-state index in [2.05, 4.69) is 11.0 Å². The molecular formula is C22H26N2O. The molecule has 0 aromatic heterocycles. The zero-order chi connectivity index (χ0) is 17.5. The van der Waals surface area contributed by atoms with Crippen LogP contribution in [0.3, 0.4) is 0 Å². The molecule has 0 atom stereocenters. The van der Waals surface area contributed by atoms with E-state index in [1.54, 1.807) is 0 Å². The molecule has 1 fully saturated rings. The van der Waals surface area contributed by atoms with Gasteiger partial charge in [0.15, 0.2) is 0 Å². The maximum atomic E-state index is 11.8. The molecule has 0 saturated carbocycles. The third-order valence-corrected chi connectivity index (χ3v) is 5.37. The summed E-state index contributed by atoms with van der Waals surface area (Å²) in [7, 11) is 0. The lowest BCUT2D eigenvalue weighted by Gasteiger charge is -2.42. The largest absolute Gasteiger partial charge is 0.380 e. The van der Waals surface area contributed by atoms with Crippen LogP contribution in [0.1, 0.15) is 36.8 Å². The van der Waals surface area contributed by atoms with Crippen LogP contribution < -0.4 is 0 Å². The molecule has 25 heavy (non-hydrogen) atoms. The van der Waals surface area contributed by atoms with Crippen LogP contribution in [0.2, 0.25) is 0 Å². The number of hydrogen-bond acceptors (Lipinski definition) is 3. The van der Waals surface area contributed by atoms with Gasteiger partial charge in [-0.05, 0) is 55.9 Å². The van der Waals surface area contributed by atoms with Gasteiger partial charge < -0.3 is 10.0 Å². The lowest BCUT2D eigenvalue weighted by molar-refractivity contribution is -0.0142. The first kappa shape index (κ1) is 17.7. The number of unbranched alkanes of at least 4 members (excludes halogenated alkanes) is 1. The standard InChI is InChI=1S/C22H26N2O/c23-15-7-8-16-24-17-13-21(14-18-24)22(25,19-9-3-1-4-10-19)20-11-5-2-6-12-20/h1-6,9-12,21,25H,7-8,13-14,16-18H2. The molecule has 0 amide bonds. The lowest BCUT2D eigenvalue weighted by Crippen LogP contribution is -2.44. The number of likely N-dealkylation sites (tertiary alicyclic amines) is 1. The summed E-state index contributed by atoms with van der Waals surface area (Å²) in [5.74, 6) is 0.199. The van der Waals surface area contributed by atoms with Gasteiger partial charge in [0.2, 0.25) is 0 Å². The first-order valence-electron chi connectivity index (χ1n) is 9.18. The van der Waals surface area contributed by atoms with E-state index in [1.807, 2.05) is 60.7 Å². The summed E-state index contributed by atoms with van der Waals surface area (Å²) in [6, 6.07) is 22.3. The minimum atomic E-state index is -0.943. The summed E-state index contributed by atoms with van der Waals surface area (Å²) in [6.45, 7) is 2.95. The topological polar surface area (TPSA) is 47.3 Å². The van der Waals surface area contributed by atoms with Crippen LogP contribution in [0.25, 0.3) is 0 Å². The molecule has 0 radical (unpaired) electrons. The van der Waals surface area contributed by atoms with Gasteiger partial charge in [-0.25, -0.2) is 0 Å². The highest BCUT2D eigenvalue weighted by Crippen LogP contribution is 2.41. The minimum Gasteiger partial charge on any atom is -0.380 e. The van der Waals surface area contributed by atoms with Crippen molar-refractivity contribution >= 4 is 0 Å². The van der Waals surface area contributed by atoms with Gasteiger partial charge in [0.1, 0.15) is 5.60 Å². The molecule has 3 rings (SSSR count). The van der Waals surface area contributed by atoms with Crippen molar-refractivity contribution in [3.63, 3.8) is 0 Å². The number of benzene rings is 2. The van der Waals surface area contributed by atoms with Gasteiger partial charge in [-0.3, -0.25) is 0 Å². The normalized spacial score (nSPS) is 16.5. The molecule has 0 bridgehead atoms. The molecule has 3 nitrogen and oxygen atoms in total. The van der Waals surface area contributed by atoms with Crippen molar-refractivity contribution in [2.24, 2.45) is 5.92 Å². The van der Waals surface area contributed by atoms with E-state index < -0.39 is 5.60 Å². The molecule has 1 aliphatic heterocycles. The highest BCUT2D eigenvalue weighted by atomic mass is 16.3. The molecule has 2 aromatic rings. The second-order valence-corrected chi connectivity index (χ2v) is 6.88. The fourth-order valence-corrected chi connectivity index (χ4v) is 3.98. The number of hydrogen-bond donors (Lipinski definition) is 1. The van der Waals surface area contributed by atoms with E-state index in [9.17, 15) is 5.11 Å². The number of piperidine rings is 1. The molecule has 0 aliphatic carbocycles. The van der Waals surface area contributed by atoms with Crippen LogP contribution in [0.4, 0.5) is 0 Å². The SMILES string of the molecule is N#CCCCN1CCC(C(O)(c2ccccc2)c2ccccc2)CC1. The Morgan fingerprint density at radius 1 is 0.960 bits per heavy atom. The summed E-state index contributed by atoms with van der Waals surface area (Å²) in [6.07, 6.45) is 3.49. The van der Waals surface area contributed by atoms with Gasteiger partial charge >= 0.3 is 0 Å². The Hall–Kier alpha value is -2.15. The van der Waals surface area contributed by atoms with E-state index in [0.717, 1.165) is 50.0 Å². The predicted molar refractivity (Wildman–Crippen MR) is 99.9 cm³/mol. The monoisotopic (exact) mass is 334 g/mol. The van der Waals surface area contributed by atoms with Crippen molar-refractivity contribution in [2.75, 3.05) is 19.6 Å². The van der Waals surface area contributed by atoms with Gasteiger partial charge in [-0.1, -0.05) is 60.7 Å². The number of nitriles is 1. The third kappa shape index (κ3) is 3.92. The van der Waals surface area contributed by atoms with Crippen molar-refractivity contribution in [3.05, 3.63) is 71.8 Å². The van der Waals surface area contributed by atoms with Gasteiger partial charge in [-0.15, -0.1) is 0 Å². The summed E-state index contributed by atoms with van der Waals surface area (Å²) < 4.78 is 0. The molecular weight excluding hydrogens is 308 g/mol. The van der Waals surface area contributed by atoms with E-state index in [4.69, 9.17) is 5.26 Å². The average molecular weight is 334 g/mol. The number of rotatable bonds is 6. The van der Waals surface area contributed by atoms with E-state index in [0.29, 0.717) is 6.42 Å². The Morgan fingerprint density at radius 3 is 1.96 bits per heavy atom. The van der Waals surface area contributed by atoms with Crippen molar-refractivity contribution < 1.29 is 5.11 Å². The maximum absolute atomic E-state index is 11.8. The van der Waals surface area contributed by atoms with Crippen molar-refractivity contribution in [2.45, 2.75) is 31.3 Å². The molecule has 1 heterocycles. The third-order valence-electron chi connectivity index (χ3n) is 5.37. The van der Waals surface area contributed by atoms with E-state index in [1.165, 1.54) is 0 Å². The van der Waals surface area contributed by atoms with Crippen LogP contribution in [-0.4, -0.2) is 29.6 Å². The Balaban J connectivity index is 1.79. The van der Waals surface area contributed by atoms with Crippen molar-refractivity contribution in [1.82, 2.24) is 4.90 Å². The molecule has 0 spiro atoms. The second kappa shape index (κ2) is 8.29. The smallest absolute Gasteiger partial charge is 0.117 e. The Labute approximate surface area is 150 Å². The second-order valence-electron chi connectivity index (χ2n) is 6.88. The van der Waals surface area contributed by atoms with Crippen LogP contribution in [0.5, 0.6) is 0 Å². The van der Waals surface area contributed by atoms with Crippen LogP contribution in [0, 0.1) is 17.2 Å².